The summed E-state index contributed by atoms with van der Waals surface area (Å²) in [4.78, 5) is 20.8. The van der Waals surface area contributed by atoms with Crippen LogP contribution in [0.15, 0.2) is 41.8 Å². The van der Waals surface area contributed by atoms with E-state index in [2.05, 4.69) is 48.4 Å². The first-order valence-corrected chi connectivity index (χ1v) is 11.7. The quantitative estimate of drug-likeness (QED) is 0.491. The molecule has 0 aliphatic carbocycles. The molecule has 10 nitrogen and oxygen atoms in total. The van der Waals surface area contributed by atoms with Crippen molar-refractivity contribution in [2.24, 2.45) is 5.92 Å². The molecule has 4 heterocycles. The topological polar surface area (TPSA) is 127 Å². The maximum atomic E-state index is 12.2. The Hall–Kier alpha value is -2.76. The highest BCUT2D eigenvalue weighted by Gasteiger charge is 2.31. The Balaban J connectivity index is 1.53. The molecule has 2 unspecified atom stereocenters. The van der Waals surface area contributed by atoms with Crippen LogP contribution < -0.4 is 14.5 Å². The third kappa shape index (κ3) is 4.34. The van der Waals surface area contributed by atoms with E-state index in [1.54, 1.807) is 18.5 Å². The SMILES string of the molecule is CC1CCN(c2ccc(S(=O)(=O)NCCO)cn2)CC1N(C)c1ncnc2[nH]ccc12. The summed E-state index contributed by atoms with van der Waals surface area (Å²) in [6.45, 7) is 3.54. The van der Waals surface area contributed by atoms with Gasteiger partial charge in [0.1, 0.15) is 28.5 Å². The lowest BCUT2D eigenvalue weighted by atomic mass is 9.92. The van der Waals surface area contributed by atoms with Crippen LogP contribution in [0.1, 0.15) is 13.3 Å². The lowest BCUT2D eigenvalue weighted by Gasteiger charge is -2.42. The molecule has 11 heteroatoms. The summed E-state index contributed by atoms with van der Waals surface area (Å²) in [5.74, 6) is 2.07. The highest BCUT2D eigenvalue weighted by Crippen LogP contribution is 2.30. The molecule has 0 spiro atoms. The largest absolute Gasteiger partial charge is 0.395 e. The Morgan fingerprint density at radius 2 is 2.13 bits per heavy atom. The molecule has 3 aromatic rings. The Morgan fingerprint density at radius 3 is 2.87 bits per heavy atom. The average Bonchev–Trinajstić information content (AvgIpc) is 3.27. The maximum Gasteiger partial charge on any atom is 0.242 e. The van der Waals surface area contributed by atoms with Crippen molar-refractivity contribution in [3.8, 4) is 0 Å². The zero-order valence-corrected chi connectivity index (χ0v) is 18.4. The number of anilines is 2. The number of pyridine rings is 1. The molecule has 1 fully saturated rings. The van der Waals surface area contributed by atoms with Crippen LogP contribution in [-0.2, 0) is 10.0 Å². The third-order valence-electron chi connectivity index (χ3n) is 5.84. The Bertz CT molecular complexity index is 1130. The van der Waals surface area contributed by atoms with Gasteiger partial charge in [-0.1, -0.05) is 6.92 Å². The minimum atomic E-state index is -3.67. The molecule has 0 saturated carbocycles. The highest BCUT2D eigenvalue weighted by molar-refractivity contribution is 7.89. The zero-order valence-electron chi connectivity index (χ0n) is 17.6. The van der Waals surface area contributed by atoms with Gasteiger partial charge in [-0.25, -0.2) is 28.1 Å². The lowest BCUT2D eigenvalue weighted by molar-refractivity contribution is 0.301. The van der Waals surface area contributed by atoms with Crippen molar-refractivity contribution in [1.82, 2.24) is 24.7 Å². The Kier molecular flexibility index (Phi) is 6.08. The molecule has 1 aliphatic rings. The van der Waals surface area contributed by atoms with Gasteiger partial charge in [0.05, 0.1) is 18.0 Å². The van der Waals surface area contributed by atoms with Gasteiger partial charge in [-0.15, -0.1) is 0 Å². The molecule has 1 saturated heterocycles. The van der Waals surface area contributed by atoms with Gasteiger partial charge in [-0.3, -0.25) is 0 Å². The molecule has 4 rings (SSSR count). The molecule has 1 aliphatic heterocycles. The van der Waals surface area contributed by atoms with Gasteiger partial charge in [0.15, 0.2) is 0 Å². The fraction of sp³-hybridized carbons (Fsp3) is 0.450. The standard InChI is InChI=1S/C20H27N7O3S/c1-14-6-9-27(18-4-3-15(11-22-18)31(29,30)25-8-10-28)12-17(14)26(2)20-16-5-7-21-19(16)23-13-24-20/h3-5,7,11,13-14,17,25,28H,6,8-10,12H2,1-2H3,(H,21,23,24). The Labute approximate surface area is 181 Å². The molecule has 0 bridgehead atoms. The summed E-state index contributed by atoms with van der Waals surface area (Å²) in [6, 6.07) is 5.47. The Morgan fingerprint density at radius 1 is 1.29 bits per heavy atom. The van der Waals surface area contributed by atoms with Crippen LogP contribution in [0.4, 0.5) is 11.6 Å². The number of aliphatic hydroxyl groups is 1. The third-order valence-corrected chi connectivity index (χ3v) is 7.29. The molecular weight excluding hydrogens is 418 g/mol. The predicted molar refractivity (Wildman–Crippen MR) is 119 cm³/mol. The van der Waals surface area contributed by atoms with E-state index in [9.17, 15) is 8.42 Å². The van der Waals surface area contributed by atoms with E-state index in [-0.39, 0.29) is 24.1 Å². The van der Waals surface area contributed by atoms with Crippen LogP contribution in [0.25, 0.3) is 11.0 Å². The molecule has 3 N–H and O–H groups in total. The molecule has 0 radical (unpaired) electrons. The maximum absolute atomic E-state index is 12.2. The van der Waals surface area contributed by atoms with E-state index >= 15 is 0 Å². The summed E-state index contributed by atoms with van der Waals surface area (Å²) in [5.41, 5.74) is 0.811. The van der Waals surface area contributed by atoms with E-state index in [0.29, 0.717) is 5.92 Å². The number of piperidine rings is 1. The van der Waals surface area contributed by atoms with Crippen molar-refractivity contribution in [3.05, 3.63) is 36.9 Å². The van der Waals surface area contributed by atoms with Gasteiger partial charge in [0.25, 0.3) is 0 Å². The van der Waals surface area contributed by atoms with E-state index in [1.807, 2.05) is 12.3 Å². The number of hydrogen-bond acceptors (Lipinski definition) is 8. The second-order valence-electron chi connectivity index (χ2n) is 7.80. The van der Waals surface area contributed by atoms with Crippen LogP contribution in [-0.4, -0.2) is 72.8 Å². The number of aliphatic hydroxyl groups excluding tert-OH is 1. The number of nitrogens with one attached hydrogen (secondary N) is 2. The summed E-state index contributed by atoms with van der Waals surface area (Å²) in [5, 5.41) is 9.83. The first-order chi connectivity index (χ1) is 14.9. The van der Waals surface area contributed by atoms with Crippen molar-refractivity contribution in [2.45, 2.75) is 24.3 Å². The summed E-state index contributed by atoms with van der Waals surface area (Å²) in [7, 11) is -1.62. The number of hydrogen-bond donors (Lipinski definition) is 3. The van der Waals surface area contributed by atoms with Crippen molar-refractivity contribution in [3.63, 3.8) is 0 Å². The van der Waals surface area contributed by atoms with Gasteiger partial charge >= 0.3 is 0 Å². The minimum absolute atomic E-state index is 0.0282. The molecule has 3 aromatic heterocycles. The number of H-pyrrole nitrogens is 1. The number of sulfonamides is 1. The van der Waals surface area contributed by atoms with Gasteiger partial charge in [0, 0.05) is 39.1 Å². The van der Waals surface area contributed by atoms with E-state index in [4.69, 9.17) is 5.11 Å². The van der Waals surface area contributed by atoms with Crippen LogP contribution in [0.5, 0.6) is 0 Å². The van der Waals surface area contributed by atoms with Crippen LogP contribution in [0.2, 0.25) is 0 Å². The smallest absolute Gasteiger partial charge is 0.242 e. The number of nitrogens with zero attached hydrogens (tertiary/aromatic N) is 5. The summed E-state index contributed by atoms with van der Waals surface area (Å²) >= 11 is 0. The van der Waals surface area contributed by atoms with Crippen LogP contribution in [0.3, 0.4) is 0 Å². The average molecular weight is 446 g/mol. The van der Waals surface area contributed by atoms with E-state index in [1.165, 1.54) is 6.20 Å². The van der Waals surface area contributed by atoms with Crippen molar-refractivity contribution in [2.75, 3.05) is 43.1 Å². The highest BCUT2D eigenvalue weighted by atomic mass is 32.2. The van der Waals surface area contributed by atoms with Gasteiger partial charge in [-0.2, -0.15) is 0 Å². The first-order valence-electron chi connectivity index (χ1n) is 10.2. The minimum Gasteiger partial charge on any atom is -0.395 e. The number of likely N-dealkylation sites (N-methyl/N-ethyl adjacent to an activating group) is 1. The van der Waals surface area contributed by atoms with Crippen LogP contribution in [0, 0.1) is 5.92 Å². The number of fused-ring (bicyclic) bond motifs is 1. The molecular formula is C20H27N7O3S. The number of rotatable bonds is 7. The van der Waals surface area contributed by atoms with Crippen molar-refractivity contribution < 1.29 is 13.5 Å². The van der Waals surface area contributed by atoms with Gasteiger partial charge in [0.2, 0.25) is 10.0 Å². The molecule has 0 amide bonds. The van der Waals surface area contributed by atoms with Crippen molar-refractivity contribution >= 4 is 32.7 Å². The van der Waals surface area contributed by atoms with E-state index in [0.717, 1.165) is 42.2 Å². The summed E-state index contributed by atoms with van der Waals surface area (Å²) < 4.78 is 26.7. The number of aromatic nitrogens is 4. The fourth-order valence-electron chi connectivity index (χ4n) is 4.04. The second kappa shape index (κ2) is 8.77. The van der Waals surface area contributed by atoms with Gasteiger partial charge in [-0.05, 0) is 30.5 Å². The fourth-order valence-corrected chi connectivity index (χ4v) is 5.01. The molecule has 31 heavy (non-hydrogen) atoms. The molecule has 166 valence electrons. The normalized spacial score (nSPS) is 19.6. The summed E-state index contributed by atoms with van der Waals surface area (Å²) in [6.07, 6.45) is 5.78. The first kappa shape index (κ1) is 21.5. The van der Waals surface area contributed by atoms with Crippen LogP contribution >= 0.6 is 0 Å². The predicted octanol–water partition coefficient (Wildman–Crippen LogP) is 0.975. The molecule has 0 aromatic carbocycles. The van der Waals surface area contributed by atoms with Crippen molar-refractivity contribution in [1.29, 1.82) is 0 Å². The van der Waals surface area contributed by atoms with Gasteiger partial charge < -0.3 is 19.9 Å². The second-order valence-corrected chi connectivity index (χ2v) is 9.57. The lowest BCUT2D eigenvalue weighted by Crippen LogP contribution is -2.51. The zero-order chi connectivity index (χ0) is 22.0. The van der Waals surface area contributed by atoms with E-state index < -0.39 is 10.0 Å². The number of aromatic amines is 1. The monoisotopic (exact) mass is 445 g/mol. The molecule has 2 atom stereocenters.